The second-order valence-electron chi connectivity index (χ2n) is 7.01. The zero-order valence-electron chi connectivity index (χ0n) is 16.1. The highest BCUT2D eigenvalue weighted by Gasteiger charge is 2.16. The number of benzene rings is 2. The number of nitrogens with zero attached hydrogens (tertiary/aromatic N) is 4. The summed E-state index contributed by atoms with van der Waals surface area (Å²) in [4.78, 5) is 29.0. The number of hydrogen-bond donors (Lipinski definition) is 1. The van der Waals surface area contributed by atoms with Crippen molar-refractivity contribution in [3.05, 3.63) is 87.8 Å². The van der Waals surface area contributed by atoms with Crippen LogP contribution in [0.15, 0.2) is 71.7 Å². The summed E-state index contributed by atoms with van der Waals surface area (Å²) in [7, 11) is 0. The van der Waals surface area contributed by atoms with Crippen molar-refractivity contribution in [2.75, 3.05) is 0 Å². The molecule has 0 aliphatic carbocycles. The molecule has 0 radical (unpaired) electrons. The normalized spacial score (nSPS) is 11.0. The standard InChI is InChI=1S/C24H14ClN5O/c25-18-12-17(11-15-7-4-10-27-20(15)18)22-21(14-5-2-1-3-6-14)29-23-19(28-22)13-16(8-9-26)24(31)30-23/h1-7,10-13H,8H2,(H,29,30,31). The molecule has 148 valence electrons. The molecule has 3 heterocycles. The Hall–Kier alpha value is -4.08. The molecule has 7 heteroatoms. The number of pyridine rings is 2. The average Bonchev–Trinajstić information content (AvgIpc) is 2.79. The van der Waals surface area contributed by atoms with Gasteiger partial charge in [0.25, 0.3) is 5.56 Å². The molecule has 5 aromatic rings. The van der Waals surface area contributed by atoms with Crippen LogP contribution in [0.1, 0.15) is 5.56 Å². The molecule has 31 heavy (non-hydrogen) atoms. The molecule has 0 spiro atoms. The lowest BCUT2D eigenvalue weighted by Crippen LogP contribution is -2.13. The Morgan fingerprint density at radius 1 is 0.968 bits per heavy atom. The third-order valence-electron chi connectivity index (χ3n) is 5.01. The molecule has 0 aliphatic heterocycles. The number of halogens is 1. The van der Waals surface area contributed by atoms with E-state index in [1.807, 2.05) is 60.7 Å². The van der Waals surface area contributed by atoms with E-state index >= 15 is 0 Å². The van der Waals surface area contributed by atoms with Crippen LogP contribution >= 0.6 is 11.6 Å². The molecule has 0 aliphatic rings. The largest absolute Gasteiger partial charge is 0.305 e. The van der Waals surface area contributed by atoms with E-state index in [0.717, 1.165) is 16.5 Å². The second-order valence-corrected chi connectivity index (χ2v) is 7.42. The average molecular weight is 424 g/mol. The third-order valence-corrected chi connectivity index (χ3v) is 5.29. The molecule has 0 saturated carbocycles. The zero-order chi connectivity index (χ0) is 21.4. The molecule has 0 atom stereocenters. The van der Waals surface area contributed by atoms with Gasteiger partial charge in [-0.3, -0.25) is 9.78 Å². The first-order chi connectivity index (χ1) is 15.1. The highest BCUT2D eigenvalue weighted by atomic mass is 35.5. The molecule has 2 aromatic carbocycles. The highest BCUT2D eigenvalue weighted by molar-refractivity contribution is 6.35. The van der Waals surface area contributed by atoms with Crippen molar-refractivity contribution < 1.29 is 0 Å². The van der Waals surface area contributed by atoms with E-state index in [-0.39, 0.29) is 12.0 Å². The van der Waals surface area contributed by atoms with Gasteiger partial charge in [0.15, 0.2) is 5.65 Å². The van der Waals surface area contributed by atoms with Crippen molar-refractivity contribution in [1.82, 2.24) is 19.9 Å². The highest BCUT2D eigenvalue weighted by Crippen LogP contribution is 2.34. The molecule has 3 aromatic heterocycles. The van der Waals surface area contributed by atoms with Crippen molar-refractivity contribution in [3.8, 4) is 28.6 Å². The number of nitriles is 1. The van der Waals surface area contributed by atoms with E-state index in [1.165, 1.54) is 0 Å². The van der Waals surface area contributed by atoms with Crippen LogP contribution in [0.2, 0.25) is 5.02 Å². The number of nitrogens with one attached hydrogen (secondary N) is 1. The van der Waals surface area contributed by atoms with E-state index in [1.54, 1.807) is 12.3 Å². The summed E-state index contributed by atoms with van der Waals surface area (Å²) in [5.74, 6) is 0. The maximum atomic E-state index is 12.3. The number of aromatic amines is 1. The number of fused-ring (bicyclic) bond motifs is 2. The maximum Gasteiger partial charge on any atom is 0.253 e. The lowest BCUT2D eigenvalue weighted by Gasteiger charge is -2.12. The molecular weight excluding hydrogens is 410 g/mol. The molecule has 0 bridgehead atoms. The summed E-state index contributed by atoms with van der Waals surface area (Å²) in [6.07, 6.45) is 1.70. The third kappa shape index (κ3) is 3.41. The first kappa shape index (κ1) is 18.9. The second kappa shape index (κ2) is 7.63. The number of H-pyrrole nitrogens is 1. The van der Waals surface area contributed by atoms with Gasteiger partial charge in [-0.1, -0.05) is 48.0 Å². The first-order valence-corrected chi connectivity index (χ1v) is 9.93. The van der Waals surface area contributed by atoms with Crippen LogP contribution in [-0.2, 0) is 6.42 Å². The van der Waals surface area contributed by atoms with E-state index in [2.05, 4.69) is 9.97 Å². The van der Waals surface area contributed by atoms with Gasteiger partial charge in [0.2, 0.25) is 0 Å². The lowest BCUT2D eigenvalue weighted by atomic mass is 10.0. The van der Waals surface area contributed by atoms with E-state index in [4.69, 9.17) is 26.8 Å². The van der Waals surface area contributed by atoms with Crippen LogP contribution in [0.3, 0.4) is 0 Å². The summed E-state index contributed by atoms with van der Waals surface area (Å²) < 4.78 is 0. The predicted octanol–water partition coefficient (Wildman–Crippen LogP) is 4.92. The van der Waals surface area contributed by atoms with Gasteiger partial charge in [0.05, 0.1) is 34.4 Å². The Morgan fingerprint density at radius 3 is 2.58 bits per heavy atom. The van der Waals surface area contributed by atoms with Gasteiger partial charge in [-0.15, -0.1) is 0 Å². The quantitative estimate of drug-likeness (QED) is 0.444. The van der Waals surface area contributed by atoms with E-state index < -0.39 is 0 Å². The van der Waals surface area contributed by atoms with Gasteiger partial charge >= 0.3 is 0 Å². The molecule has 0 amide bonds. The summed E-state index contributed by atoms with van der Waals surface area (Å²) in [6.45, 7) is 0. The van der Waals surface area contributed by atoms with Crippen molar-refractivity contribution in [2.24, 2.45) is 0 Å². The van der Waals surface area contributed by atoms with E-state index in [0.29, 0.717) is 38.7 Å². The minimum atomic E-state index is -0.338. The van der Waals surface area contributed by atoms with Crippen molar-refractivity contribution in [1.29, 1.82) is 5.26 Å². The summed E-state index contributed by atoms with van der Waals surface area (Å²) in [5.41, 5.74) is 4.48. The lowest BCUT2D eigenvalue weighted by molar-refractivity contribution is 1.12. The predicted molar refractivity (Wildman–Crippen MR) is 121 cm³/mol. The number of hydrogen-bond acceptors (Lipinski definition) is 5. The van der Waals surface area contributed by atoms with Gasteiger partial charge in [0.1, 0.15) is 5.52 Å². The van der Waals surface area contributed by atoms with Gasteiger partial charge < -0.3 is 4.98 Å². The van der Waals surface area contributed by atoms with Crippen LogP contribution in [0.25, 0.3) is 44.6 Å². The van der Waals surface area contributed by atoms with Crippen LogP contribution in [0.4, 0.5) is 0 Å². The fraction of sp³-hybridized carbons (Fsp3) is 0.0417. The van der Waals surface area contributed by atoms with Gasteiger partial charge in [-0.2, -0.15) is 5.26 Å². The van der Waals surface area contributed by atoms with Crippen LogP contribution < -0.4 is 5.56 Å². The van der Waals surface area contributed by atoms with Crippen LogP contribution in [0.5, 0.6) is 0 Å². The molecule has 1 N–H and O–H groups in total. The molecule has 0 saturated heterocycles. The Morgan fingerprint density at radius 2 is 1.77 bits per heavy atom. The van der Waals surface area contributed by atoms with Crippen molar-refractivity contribution >= 4 is 33.7 Å². The molecule has 0 unspecified atom stereocenters. The minimum Gasteiger partial charge on any atom is -0.305 e. The Kier molecular flexibility index (Phi) is 4.66. The van der Waals surface area contributed by atoms with Crippen LogP contribution in [-0.4, -0.2) is 19.9 Å². The Balaban J connectivity index is 1.84. The van der Waals surface area contributed by atoms with Gasteiger partial charge in [-0.05, 0) is 24.3 Å². The SMILES string of the molecule is N#CCc1cc2nc(-c3cc(Cl)c4ncccc4c3)c(-c3ccccc3)nc2[nH]c1=O. The fourth-order valence-corrected chi connectivity index (χ4v) is 3.83. The zero-order valence-corrected chi connectivity index (χ0v) is 16.9. The number of rotatable bonds is 3. The number of aromatic nitrogens is 4. The fourth-order valence-electron chi connectivity index (χ4n) is 3.56. The van der Waals surface area contributed by atoms with Crippen molar-refractivity contribution in [3.63, 3.8) is 0 Å². The smallest absolute Gasteiger partial charge is 0.253 e. The van der Waals surface area contributed by atoms with E-state index in [9.17, 15) is 4.79 Å². The summed E-state index contributed by atoms with van der Waals surface area (Å²) in [6, 6.07) is 20.8. The van der Waals surface area contributed by atoms with Gasteiger partial charge in [-0.25, -0.2) is 9.97 Å². The minimum absolute atomic E-state index is 0.00377. The van der Waals surface area contributed by atoms with Crippen LogP contribution in [0, 0.1) is 11.3 Å². The Bertz CT molecular complexity index is 1550. The van der Waals surface area contributed by atoms with Crippen molar-refractivity contribution in [2.45, 2.75) is 6.42 Å². The molecule has 6 nitrogen and oxygen atoms in total. The first-order valence-electron chi connectivity index (χ1n) is 9.55. The van der Waals surface area contributed by atoms with Gasteiger partial charge in [0, 0.05) is 28.3 Å². The molecule has 5 rings (SSSR count). The molecule has 0 fully saturated rings. The molecular formula is C24H14ClN5O. The topological polar surface area (TPSA) is 95.3 Å². The summed E-state index contributed by atoms with van der Waals surface area (Å²) in [5, 5.41) is 10.4. The summed E-state index contributed by atoms with van der Waals surface area (Å²) >= 11 is 6.52. The monoisotopic (exact) mass is 423 g/mol. The maximum absolute atomic E-state index is 12.3. The Labute approximate surface area is 181 Å².